The Morgan fingerprint density at radius 1 is 1.12 bits per heavy atom. The maximum Gasteiger partial charge on any atom is 0.241 e. The van der Waals surface area contributed by atoms with Crippen molar-refractivity contribution in [2.45, 2.75) is 81.4 Å². The van der Waals surface area contributed by atoms with Crippen LogP contribution in [-0.4, -0.2) is 28.9 Å². The average molecular weight is 509 g/mol. The zero-order chi connectivity index (χ0) is 23.2. The van der Waals surface area contributed by atoms with Crippen LogP contribution in [-0.2, 0) is 16.6 Å². The Hall–Kier alpha value is -1.09. The molecule has 0 aliphatic heterocycles. The monoisotopic (exact) mass is 508 g/mol. The molecule has 1 aromatic carbocycles. The van der Waals surface area contributed by atoms with E-state index in [9.17, 15) is 8.42 Å². The van der Waals surface area contributed by atoms with Gasteiger partial charge in [-0.1, -0.05) is 23.4 Å². The molecule has 4 bridgehead atoms. The van der Waals surface area contributed by atoms with Crippen molar-refractivity contribution in [3.05, 3.63) is 35.1 Å². The predicted molar refractivity (Wildman–Crippen MR) is 132 cm³/mol. The first-order chi connectivity index (χ1) is 15.8. The summed E-state index contributed by atoms with van der Waals surface area (Å²) in [5, 5.41) is 10.2. The molecular weight excluding hydrogens is 476 g/mol. The number of sulfonamides is 1. The summed E-state index contributed by atoms with van der Waals surface area (Å²) in [6.45, 7) is 4.57. The van der Waals surface area contributed by atoms with Crippen LogP contribution in [0.25, 0.3) is 0 Å². The van der Waals surface area contributed by atoms with Gasteiger partial charge in [0.1, 0.15) is 0 Å². The first-order valence-electron chi connectivity index (χ1n) is 12.1. The molecule has 4 aliphatic carbocycles. The normalized spacial score (nSPS) is 29.5. The molecule has 4 fully saturated rings. The standard InChI is InChI=1S/C24H33ClN4O2S2/c1-3-29-22(16(2)28-33(30,31)21-6-4-20(25)5-7-21)26-27-23(29)32-9-8-24-13-17-10-18(14-24)12-19(11-17)15-24/h4-7,16-19,28H,3,8-15H2,1-2H3/t16-,17?,18?,19?,24?/m1/s1. The van der Waals surface area contributed by atoms with Crippen molar-refractivity contribution < 1.29 is 8.42 Å². The van der Waals surface area contributed by atoms with Crippen molar-refractivity contribution in [3.8, 4) is 0 Å². The Labute approximate surface area is 206 Å². The summed E-state index contributed by atoms with van der Waals surface area (Å²) in [7, 11) is -3.68. The van der Waals surface area contributed by atoms with Gasteiger partial charge in [-0.15, -0.1) is 10.2 Å². The van der Waals surface area contributed by atoms with Crippen LogP contribution in [0.15, 0.2) is 34.3 Å². The zero-order valence-electron chi connectivity index (χ0n) is 19.3. The van der Waals surface area contributed by atoms with Crippen molar-refractivity contribution in [2.24, 2.45) is 23.2 Å². The van der Waals surface area contributed by atoms with E-state index in [1.54, 1.807) is 23.9 Å². The van der Waals surface area contributed by atoms with Crippen molar-refractivity contribution in [1.82, 2.24) is 19.5 Å². The summed E-state index contributed by atoms with van der Waals surface area (Å²) in [6.07, 6.45) is 9.96. The average Bonchev–Trinajstić information content (AvgIpc) is 3.15. The molecule has 180 valence electrons. The summed E-state index contributed by atoms with van der Waals surface area (Å²) < 4.78 is 30.4. The van der Waals surface area contributed by atoms with Gasteiger partial charge in [0, 0.05) is 17.3 Å². The number of halogens is 1. The largest absolute Gasteiger partial charge is 0.305 e. The van der Waals surface area contributed by atoms with E-state index in [4.69, 9.17) is 11.6 Å². The van der Waals surface area contributed by atoms with Crippen LogP contribution in [0.2, 0.25) is 5.02 Å². The summed E-state index contributed by atoms with van der Waals surface area (Å²) >= 11 is 7.67. The Morgan fingerprint density at radius 3 is 2.30 bits per heavy atom. The second-order valence-electron chi connectivity index (χ2n) is 10.4. The Kier molecular flexibility index (Phi) is 6.57. The molecule has 1 N–H and O–H groups in total. The van der Waals surface area contributed by atoms with Gasteiger partial charge in [-0.25, -0.2) is 13.1 Å². The summed E-state index contributed by atoms with van der Waals surface area (Å²) in [5.41, 5.74) is 0.559. The first kappa shape index (κ1) is 23.6. The molecule has 4 saturated carbocycles. The van der Waals surface area contributed by atoms with Gasteiger partial charge in [0.25, 0.3) is 0 Å². The third kappa shape index (κ3) is 4.86. The minimum absolute atomic E-state index is 0.187. The lowest BCUT2D eigenvalue weighted by molar-refractivity contribution is -0.0538. The fourth-order valence-electron chi connectivity index (χ4n) is 6.95. The maximum atomic E-state index is 12.8. The fourth-order valence-corrected chi connectivity index (χ4v) is 9.47. The summed E-state index contributed by atoms with van der Waals surface area (Å²) in [4.78, 5) is 0.187. The number of hydrogen-bond acceptors (Lipinski definition) is 5. The molecule has 6 rings (SSSR count). The predicted octanol–water partition coefficient (Wildman–Crippen LogP) is 5.69. The zero-order valence-corrected chi connectivity index (χ0v) is 21.7. The SMILES string of the molecule is CCn1c(SCCC23CC4CC(CC(C4)C2)C3)nnc1[C@@H](C)NS(=O)(=O)c1ccc(Cl)cc1. The topological polar surface area (TPSA) is 76.9 Å². The second-order valence-corrected chi connectivity index (χ2v) is 13.6. The van der Waals surface area contributed by atoms with E-state index in [0.717, 1.165) is 28.7 Å². The van der Waals surface area contributed by atoms with Crippen LogP contribution in [0, 0.1) is 23.2 Å². The van der Waals surface area contributed by atoms with Gasteiger partial charge in [-0.3, -0.25) is 0 Å². The van der Waals surface area contributed by atoms with Crippen LogP contribution in [0.1, 0.15) is 70.7 Å². The number of hydrogen-bond donors (Lipinski definition) is 1. The third-order valence-corrected chi connectivity index (χ3v) is 10.7. The fraction of sp³-hybridized carbons (Fsp3) is 0.667. The maximum absolute atomic E-state index is 12.8. The van der Waals surface area contributed by atoms with Crippen molar-refractivity contribution in [3.63, 3.8) is 0 Å². The third-order valence-electron chi connectivity index (χ3n) is 7.93. The van der Waals surface area contributed by atoms with Gasteiger partial charge >= 0.3 is 0 Å². The number of rotatable bonds is 9. The molecule has 0 unspecified atom stereocenters. The molecule has 4 aliphatic rings. The van der Waals surface area contributed by atoms with Crippen LogP contribution in [0.5, 0.6) is 0 Å². The van der Waals surface area contributed by atoms with Crippen LogP contribution < -0.4 is 4.72 Å². The van der Waals surface area contributed by atoms with Crippen LogP contribution in [0.3, 0.4) is 0 Å². The van der Waals surface area contributed by atoms with E-state index in [-0.39, 0.29) is 4.90 Å². The molecule has 6 nitrogen and oxygen atoms in total. The van der Waals surface area contributed by atoms with Gasteiger partial charge in [0.2, 0.25) is 10.0 Å². The molecule has 0 spiro atoms. The summed E-state index contributed by atoms with van der Waals surface area (Å²) in [5.74, 6) is 4.62. The van der Waals surface area contributed by atoms with Crippen molar-refractivity contribution >= 4 is 33.4 Å². The molecule has 9 heteroatoms. The van der Waals surface area contributed by atoms with Gasteiger partial charge < -0.3 is 4.57 Å². The minimum Gasteiger partial charge on any atom is -0.305 e. The lowest BCUT2D eigenvalue weighted by atomic mass is 9.49. The molecule has 0 saturated heterocycles. The van der Waals surface area contributed by atoms with Gasteiger partial charge in [0.15, 0.2) is 11.0 Å². The number of nitrogens with zero attached hydrogens (tertiary/aromatic N) is 3. The number of aromatic nitrogens is 3. The molecule has 1 heterocycles. The number of thioether (sulfide) groups is 1. The minimum atomic E-state index is -3.68. The molecule has 0 amide bonds. The van der Waals surface area contributed by atoms with E-state index >= 15 is 0 Å². The highest BCUT2D eigenvalue weighted by molar-refractivity contribution is 7.99. The van der Waals surface area contributed by atoms with Gasteiger partial charge in [-0.05, 0) is 106 Å². The molecule has 33 heavy (non-hydrogen) atoms. The molecular formula is C24H33ClN4O2S2. The first-order valence-corrected chi connectivity index (χ1v) is 15.0. The highest BCUT2D eigenvalue weighted by Gasteiger charge is 2.50. The molecule has 2 aromatic rings. The van der Waals surface area contributed by atoms with Crippen LogP contribution in [0.4, 0.5) is 0 Å². The lowest BCUT2D eigenvalue weighted by Gasteiger charge is -2.57. The number of benzene rings is 1. The Balaban J connectivity index is 1.23. The second kappa shape index (κ2) is 9.17. The Morgan fingerprint density at radius 2 is 1.73 bits per heavy atom. The molecule has 1 aromatic heterocycles. The quantitative estimate of drug-likeness (QED) is 0.440. The van der Waals surface area contributed by atoms with E-state index in [1.807, 2.05) is 11.5 Å². The summed E-state index contributed by atoms with van der Waals surface area (Å²) in [6, 6.07) is 5.68. The number of nitrogens with one attached hydrogen (secondary N) is 1. The van der Waals surface area contributed by atoms with E-state index in [1.165, 1.54) is 57.1 Å². The smallest absolute Gasteiger partial charge is 0.241 e. The van der Waals surface area contributed by atoms with E-state index in [0.29, 0.717) is 22.8 Å². The van der Waals surface area contributed by atoms with Crippen molar-refractivity contribution in [2.75, 3.05) is 5.75 Å². The Bertz CT molecular complexity index is 1060. The van der Waals surface area contributed by atoms with E-state index < -0.39 is 16.1 Å². The molecule has 0 radical (unpaired) electrons. The van der Waals surface area contributed by atoms with Gasteiger partial charge in [-0.2, -0.15) is 0 Å². The van der Waals surface area contributed by atoms with Crippen LogP contribution >= 0.6 is 23.4 Å². The highest BCUT2D eigenvalue weighted by Crippen LogP contribution is 2.61. The van der Waals surface area contributed by atoms with Crippen molar-refractivity contribution in [1.29, 1.82) is 0 Å². The molecule has 1 atom stereocenters. The highest BCUT2D eigenvalue weighted by atomic mass is 35.5. The lowest BCUT2D eigenvalue weighted by Crippen LogP contribution is -2.46. The van der Waals surface area contributed by atoms with E-state index in [2.05, 4.69) is 21.8 Å². The van der Waals surface area contributed by atoms with Gasteiger partial charge in [0.05, 0.1) is 10.9 Å².